The first kappa shape index (κ1) is 29.6. The largest absolute Gasteiger partial charge is 0.549 e. The average Bonchev–Trinajstić information content (AvgIpc) is 2.97. The zero-order valence-corrected chi connectivity index (χ0v) is 23.1. The molecule has 2 aliphatic rings. The Balaban J connectivity index is 1.58. The van der Waals surface area contributed by atoms with E-state index >= 15 is 0 Å². The molecular weight excluding hydrogens is 529 g/mol. The molecule has 13 heteroatoms. The van der Waals surface area contributed by atoms with Gasteiger partial charge in [-0.2, -0.15) is 0 Å². The molecule has 0 aromatic heterocycles. The molecule has 1 fully saturated rings. The zero-order valence-electron chi connectivity index (χ0n) is 23.1. The van der Waals surface area contributed by atoms with Gasteiger partial charge in [-0.25, -0.2) is 9.59 Å². The van der Waals surface area contributed by atoms with E-state index < -0.39 is 42.9 Å². The summed E-state index contributed by atoms with van der Waals surface area (Å²) < 4.78 is 11.5. The van der Waals surface area contributed by atoms with Gasteiger partial charge in [-0.05, 0) is 49.1 Å². The first-order valence-electron chi connectivity index (χ1n) is 13.4. The van der Waals surface area contributed by atoms with Gasteiger partial charge < -0.3 is 35.7 Å². The number of nitrogens with zero attached hydrogens (tertiary/aromatic N) is 2. The Bertz CT molecular complexity index is 1340. The molecule has 0 radical (unpaired) electrons. The number of hydrogen-bond acceptors (Lipinski definition) is 8. The molecule has 2 atom stereocenters. The summed E-state index contributed by atoms with van der Waals surface area (Å²) >= 11 is 0. The Kier molecular flexibility index (Phi) is 9.30. The van der Waals surface area contributed by atoms with E-state index in [4.69, 9.17) is 15.0 Å². The molecule has 2 heterocycles. The molecule has 12 nitrogen and oxygen atoms in total. The number of benzene rings is 2. The number of piperazine rings is 1. The fourth-order valence-electron chi connectivity index (χ4n) is 5.02. The Morgan fingerprint density at radius 2 is 1.93 bits per heavy atom. The van der Waals surface area contributed by atoms with Gasteiger partial charge in [0.15, 0.2) is 0 Å². The summed E-state index contributed by atoms with van der Waals surface area (Å²) in [5, 5.41) is 15.7. The summed E-state index contributed by atoms with van der Waals surface area (Å²) in [4.78, 5) is 52.4. The van der Waals surface area contributed by atoms with E-state index in [1.807, 2.05) is 24.3 Å². The molecule has 0 spiro atoms. The number of rotatable bonds is 10. The van der Waals surface area contributed by atoms with E-state index in [1.165, 1.54) is 18.1 Å². The molecular formula is C28H34BN5O7. The lowest BCUT2D eigenvalue weighted by atomic mass is 9.71. The maximum atomic E-state index is 13.3. The van der Waals surface area contributed by atoms with Crippen molar-refractivity contribution in [1.82, 2.24) is 20.4 Å². The molecule has 2 aliphatic heterocycles. The Morgan fingerprint density at radius 3 is 2.56 bits per heavy atom. The van der Waals surface area contributed by atoms with Gasteiger partial charge in [0.1, 0.15) is 5.75 Å². The number of carboxylic acids is 1. The van der Waals surface area contributed by atoms with Crippen molar-refractivity contribution >= 4 is 30.9 Å². The summed E-state index contributed by atoms with van der Waals surface area (Å²) in [7, 11) is 0.592. The van der Waals surface area contributed by atoms with Gasteiger partial charge in [0.2, 0.25) is 0 Å². The van der Waals surface area contributed by atoms with Crippen molar-refractivity contribution in [2.75, 3.05) is 33.3 Å². The highest BCUT2D eigenvalue weighted by Crippen LogP contribution is 2.32. The molecule has 4 amide bonds. The minimum absolute atomic E-state index is 0.0342. The van der Waals surface area contributed by atoms with Crippen molar-refractivity contribution in [2.24, 2.45) is 5.73 Å². The number of nitrogens with two attached hydrogens (primary N) is 1. The normalized spacial score (nSPS) is 17.4. The second-order valence-corrected chi connectivity index (χ2v) is 9.81. The summed E-state index contributed by atoms with van der Waals surface area (Å²) in [6.07, 6.45) is 1.04. The van der Waals surface area contributed by atoms with Gasteiger partial charge in [0, 0.05) is 32.4 Å². The standard InChI is InChI=1S/C28H34BN5O7/c1-4-33-14-15-34(26(36)25(33)35)28(39)32-23(19-10-8-18(9-11-19)12-13-30)17(2)31-22-16-20-6-5-7-21(27(37)38)24(20)41-29(22)40-3/h5-11,22-23,31H,2,4,12-16,30H2,1,3H3,(H,32,39)(H,37,38). The number of urea groups is 1. The van der Waals surface area contributed by atoms with Gasteiger partial charge in [-0.1, -0.05) is 43.0 Å². The van der Waals surface area contributed by atoms with Crippen molar-refractivity contribution in [3.63, 3.8) is 0 Å². The fourth-order valence-corrected chi connectivity index (χ4v) is 5.02. The van der Waals surface area contributed by atoms with Crippen molar-refractivity contribution in [3.8, 4) is 5.75 Å². The Morgan fingerprint density at radius 1 is 1.20 bits per heavy atom. The van der Waals surface area contributed by atoms with E-state index in [0.29, 0.717) is 42.8 Å². The van der Waals surface area contributed by atoms with Gasteiger partial charge in [0.05, 0.1) is 17.5 Å². The number of carboxylic acid groups (broad SMARTS) is 1. The van der Waals surface area contributed by atoms with Gasteiger partial charge in [0.25, 0.3) is 0 Å². The molecule has 2 unspecified atom stereocenters. The molecule has 216 valence electrons. The third-order valence-corrected chi connectivity index (χ3v) is 7.23. The first-order chi connectivity index (χ1) is 19.7. The van der Waals surface area contributed by atoms with Crippen LogP contribution in [0.4, 0.5) is 4.79 Å². The predicted octanol–water partition coefficient (Wildman–Crippen LogP) is 1.11. The number of likely N-dealkylation sites (N-methyl/N-ethyl adjacent to an activating group) is 1. The number of carbonyl (C=O) groups is 4. The number of imide groups is 1. The number of amides is 4. The van der Waals surface area contributed by atoms with E-state index in [2.05, 4.69) is 17.2 Å². The monoisotopic (exact) mass is 563 g/mol. The maximum Gasteiger partial charge on any atom is 0.549 e. The van der Waals surface area contributed by atoms with E-state index in [9.17, 15) is 24.3 Å². The third kappa shape index (κ3) is 6.36. The minimum Gasteiger partial charge on any atom is -0.534 e. The van der Waals surface area contributed by atoms with Crippen LogP contribution >= 0.6 is 0 Å². The van der Waals surface area contributed by atoms with Crippen molar-refractivity contribution in [3.05, 3.63) is 77.0 Å². The zero-order chi connectivity index (χ0) is 29.7. The van der Waals surface area contributed by atoms with Crippen LogP contribution in [0, 0.1) is 0 Å². The van der Waals surface area contributed by atoms with Crippen molar-refractivity contribution in [2.45, 2.75) is 31.7 Å². The Hall–Kier alpha value is -4.36. The summed E-state index contributed by atoms with van der Waals surface area (Å²) in [6, 6.07) is 10.8. The molecule has 2 aromatic carbocycles. The smallest absolute Gasteiger partial charge is 0.534 e. The molecule has 41 heavy (non-hydrogen) atoms. The van der Waals surface area contributed by atoms with Gasteiger partial charge in [-0.15, -0.1) is 0 Å². The molecule has 5 N–H and O–H groups in total. The summed E-state index contributed by atoms with van der Waals surface area (Å²) in [5.41, 5.74) is 8.47. The highest BCUT2D eigenvalue weighted by atomic mass is 16.6. The van der Waals surface area contributed by atoms with Crippen molar-refractivity contribution < 1.29 is 33.6 Å². The molecule has 0 bridgehead atoms. The number of nitrogens with one attached hydrogen (secondary N) is 2. The summed E-state index contributed by atoms with van der Waals surface area (Å²) in [5.74, 6) is -2.98. The van der Waals surface area contributed by atoms with E-state index in [1.54, 1.807) is 19.1 Å². The van der Waals surface area contributed by atoms with Crippen LogP contribution in [-0.4, -0.2) is 85.1 Å². The SMILES string of the molecule is C=C(NC1Cc2cccc(C(=O)O)c2OB1OC)C(NC(=O)N1CCN(CC)C(=O)C1=O)c1ccc(CCN)cc1. The number of para-hydroxylation sites is 1. The quantitative estimate of drug-likeness (QED) is 0.245. The maximum absolute atomic E-state index is 13.3. The first-order valence-corrected chi connectivity index (χ1v) is 13.4. The minimum atomic E-state index is -1.11. The lowest BCUT2D eigenvalue weighted by molar-refractivity contribution is -0.153. The molecule has 1 saturated heterocycles. The highest BCUT2D eigenvalue weighted by molar-refractivity contribution is 6.48. The molecule has 2 aromatic rings. The lowest BCUT2D eigenvalue weighted by Crippen LogP contribution is -2.59. The topological polar surface area (TPSA) is 164 Å². The van der Waals surface area contributed by atoms with Crippen LogP contribution < -0.4 is 21.0 Å². The Labute approximate surface area is 238 Å². The second kappa shape index (κ2) is 12.9. The predicted molar refractivity (Wildman–Crippen MR) is 151 cm³/mol. The highest BCUT2D eigenvalue weighted by Gasteiger charge is 2.40. The third-order valence-electron chi connectivity index (χ3n) is 7.23. The van der Waals surface area contributed by atoms with Gasteiger partial charge in [-0.3, -0.25) is 14.5 Å². The average molecular weight is 563 g/mol. The van der Waals surface area contributed by atoms with Crippen LogP contribution in [0.1, 0.15) is 40.0 Å². The number of hydrogen-bond donors (Lipinski definition) is 4. The second-order valence-electron chi connectivity index (χ2n) is 9.81. The lowest BCUT2D eigenvalue weighted by Gasteiger charge is -2.35. The van der Waals surface area contributed by atoms with Crippen LogP contribution in [0.25, 0.3) is 0 Å². The fraction of sp³-hybridized carbons (Fsp3) is 0.357. The number of fused-ring (bicyclic) bond motifs is 1. The van der Waals surface area contributed by atoms with Crippen LogP contribution in [-0.2, 0) is 27.1 Å². The van der Waals surface area contributed by atoms with E-state index in [-0.39, 0.29) is 24.4 Å². The number of aromatic carboxylic acids is 1. The van der Waals surface area contributed by atoms with Gasteiger partial charge >= 0.3 is 30.9 Å². The number of carbonyl (C=O) groups excluding carboxylic acids is 3. The van der Waals surface area contributed by atoms with Crippen LogP contribution in [0.15, 0.2) is 54.7 Å². The summed E-state index contributed by atoms with van der Waals surface area (Å²) in [6.45, 7) is 7.13. The molecule has 0 aliphatic carbocycles. The van der Waals surface area contributed by atoms with Crippen LogP contribution in [0.5, 0.6) is 5.75 Å². The molecule has 4 rings (SSSR count). The van der Waals surface area contributed by atoms with Crippen LogP contribution in [0.3, 0.4) is 0 Å². The van der Waals surface area contributed by atoms with Crippen LogP contribution in [0.2, 0.25) is 0 Å². The van der Waals surface area contributed by atoms with E-state index in [0.717, 1.165) is 10.5 Å². The van der Waals surface area contributed by atoms with Crippen molar-refractivity contribution in [1.29, 1.82) is 0 Å². The molecule has 0 saturated carbocycles.